The van der Waals surface area contributed by atoms with Gasteiger partial charge in [0, 0.05) is 47.0 Å². The number of Topliss-reactive ketones (excluding diaryl/α,β-unsaturated/α-hetero) is 1. The van der Waals surface area contributed by atoms with Crippen LogP contribution in [0.4, 0.5) is 11.4 Å². The van der Waals surface area contributed by atoms with E-state index in [9.17, 15) is 4.79 Å². The fourth-order valence-corrected chi connectivity index (χ4v) is 3.98. The fourth-order valence-electron chi connectivity index (χ4n) is 3.98. The Bertz CT molecular complexity index is 808. The fraction of sp³-hybridized carbons (Fsp3) is 0.522. The molecule has 0 aliphatic rings. The molecule has 0 saturated heterocycles. The monoisotopic (exact) mass is 369 g/mol. The summed E-state index contributed by atoms with van der Waals surface area (Å²) >= 11 is 0. The second kappa shape index (κ2) is 8.20. The van der Waals surface area contributed by atoms with Crippen molar-refractivity contribution < 1.29 is 4.79 Å². The molecule has 0 fully saturated rings. The van der Waals surface area contributed by atoms with E-state index in [1.165, 1.54) is 5.69 Å². The molecule has 1 N–H and O–H groups in total. The molecule has 0 spiro atoms. The van der Waals surface area contributed by atoms with Gasteiger partial charge in [-0.1, -0.05) is 0 Å². The normalized spacial score (nSPS) is 11.6. The molecule has 4 heteroatoms. The highest BCUT2D eigenvalue weighted by atomic mass is 16.1. The Morgan fingerprint density at radius 1 is 1.07 bits per heavy atom. The minimum absolute atomic E-state index is 0.0308. The highest BCUT2D eigenvalue weighted by Crippen LogP contribution is 2.26. The first-order chi connectivity index (χ1) is 12.6. The van der Waals surface area contributed by atoms with E-state index in [2.05, 4.69) is 81.4 Å². The van der Waals surface area contributed by atoms with E-state index in [4.69, 9.17) is 0 Å². The summed E-state index contributed by atoms with van der Waals surface area (Å²) < 4.78 is 2.24. The van der Waals surface area contributed by atoms with Crippen LogP contribution in [0.2, 0.25) is 0 Å². The molecule has 0 unspecified atom stereocenters. The number of rotatable bonds is 7. The molecular weight excluding hydrogens is 334 g/mol. The van der Waals surface area contributed by atoms with E-state index in [0.29, 0.717) is 6.54 Å². The van der Waals surface area contributed by atoms with Gasteiger partial charge in [0.1, 0.15) is 0 Å². The maximum Gasteiger partial charge on any atom is 0.183 e. The van der Waals surface area contributed by atoms with Crippen LogP contribution in [0.5, 0.6) is 0 Å². The Kier molecular flexibility index (Phi) is 6.40. The Hall–Kier alpha value is -2.23. The average molecular weight is 370 g/mol. The van der Waals surface area contributed by atoms with Gasteiger partial charge in [-0.25, -0.2) is 0 Å². The van der Waals surface area contributed by atoms with Crippen LogP contribution in [0.25, 0.3) is 0 Å². The Morgan fingerprint density at radius 2 is 1.70 bits per heavy atom. The number of aryl methyl sites for hydroxylation is 2. The van der Waals surface area contributed by atoms with Crippen molar-refractivity contribution in [3.05, 3.63) is 46.8 Å². The maximum absolute atomic E-state index is 12.8. The summed E-state index contributed by atoms with van der Waals surface area (Å²) in [4.78, 5) is 15.1. The van der Waals surface area contributed by atoms with E-state index in [1.807, 2.05) is 13.0 Å². The van der Waals surface area contributed by atoms with Gasteiger partial charge in [0.05, 0.1) is 6.54 Å². The van der Waals surface area contributed by atoms with E-state index >= 15 is 0 Å². The van der Waals surface area contributed by atoms with Crippen LogP contribution in [0.1, 0.15) is 61.9 Å². The zero-order valence-electron chi connectivity index (χ0n) is 18.2. The van der Waals surface area contributed by atoms with Gasteiger partial charge >= 0.3 is 0 Å². The van der Waals surface area contributed by atoms with E-state index in [-0.39, 0.29) is 11.3 Å². The van der Waals surface area contributed by atoms with Crippen molar-refractivity contribution in [3.8, 4) is 0 Å². The van der Waals surface area contributed by atoms with Crippen LogP contribution in [0.3, 0.4) is 0 Å². The van der Waals surface area contributed by atoms with Crippen molar-refractivity contribution in [3.63, 3.8) is 0 Å². The molecule has 148 valence electrons. The largest absolute Gasteiger partial charge is 0.377 e. The lowest BCUT2D eigenvalue weighted by Gasteiger charge is -2.25. The molecule has 0 radical (unpaired) electrons. The number of aromatic nitrogens is 1. The number of hydrogen-bond acceptors (Lipinski definition) is 3. The number of hydrogen-bond donors (Lipinski definition) is 1. The molecule has 0 aliphatic carbocycles. The van der Waals surface area contributed by atoms with Gasteiger partial charge in [0.25, 0.3) is 0 Å². The van der Waals surface area contributed by atoms with Gasteiger partial charge in [-0.3, -0.25) is 4.79 Å². The van der Waals surface area contributed by atoms with Crippen LogP contribution < -0.4 is 10.2 Å². The summed E-state index contributed by atoms with van der Waals surface area (Å²) in [5.41, 5.74) is 6.35. The lowest BCUT2D eigenvalue weighted by atomic mass is 10.1. The second-order valence-corrected chi connectivity index (χ2v) is 8.24. The lowest BCUT2D eigenvalue weighted by molar-refractivity contribution is 0.100. The number of anilines is 2. The molecular formula is C23H35N3O. The Balaban J connectivity index is 2.15. The minimum atomic E-state index is -0.0308. The summed E-state index contributed by atoms with van der Waals surface area (Å²) in [7, 11) is 0. The van der Waals surface area contributed by atoms with Crippen molar-refractivity contribution in [2.24, 2.45) is 0 Å². The van der Waals surface area contributed by atoms with Crippen LogP contribution in [0.15, 0.2) is 24.3 Å². The number of carbonyl (C=O) groups excluding carboxylic acids is 1. The summed E-state index contributed by atoms with van der Waals surface area (Å²) in [5.74, 6) is 0.130. The highest BCUT2D eigenvalue weighted by Gasteiger charge is 2.22. The molecule has 2 rings (SSSR count). The third-order valence-corrected chi connectivity index (χ3v) is 5.18. The molecule has 1 aromatic carbocycles. The van der Waals surface area contributed by atoms with Gasteiger partial charge in [0.2, 0.25) is 0 Å². The Labute approximate surface area is 164 Å². The molecule has 27 heavy (non-hydrogen) atoms. The first kappa shape index (κ1) is 21.1. The van der Waals surface area contributed by atoms with E-state index in [0.717, 1.165) is 41.3 Å². The number of nitrogens with zero attached hydrogens (tertiary/aromatic N) is 2. The first-order valence-electron chi connectivity index (χ1n) is 9.92. The first-order valence-corrected chi connectivity index (χ1v) is 9.92. The molecule has 1 aromatic heterocycles. The number of ketones is 1. The third kappa shape index (κ3) is 4.55. The molecule has 4 nitrogen and oxygen atoms in total. The Morgan fingerprint density at radius 3 is 2.19 bits per heavy atom. The number of carbonyl (C=O) groups is 1. The number of nitrogens with one attached hydrogen (secondary N) is 1. The van der Waals surface area contributed by atoms with Gasteiger partial charge in [-0.15, -0.1) is 0 Å². The molecule has 0 bridgehead atoms. The molecule has 0 saturated carbocycles. The smallest absolute Gasteiger partial charge is 0.183 e. The van der Waals surface area contributed by atoms with Crippen LogP contribution >= 0.6 is 0 Å². The lowest BCUT2D eigenvalue weighted by Crippen LogP contribution is -2.25. The van der Waals surface area contributed by atoms with Crippen LogP contribution in [-0.4, -0.2) is 30.0 Å². The van der Waals surface area contributed by atoms with Crippen molar-refractivity contribution in [1.82, 2.24) is 4.57 Å². The van der Waals surface area contributed by atoms with Crippen molar-refractivity contribution in [1.29, 1.82) is 0 Å². The SMILES string of the molecule is CCN(CC)c1ccc(NCC(=O)c2cc(C)n(C(C)(C)C)c2C)c(C)c1. The maximum atomic E-state index is 12.8. The van der Waals surface area contributed by atoms with Crippen LogP contribution in [-0.2, 0) is 5.54 Å². The van der Waals surface area contributed by atoms with Crippen molar-refractivity contribution >= 4 is 17.2 Å². The van der Waals surface area contributed by atoms with Crippen LogP contribution in [0, 0.1) is 20.8 Å². The van der Waals surface area contributed by atoms with Gasteiger partial charge in [-0.2, -0.15) is 0 Å². The summed E-state index contributed by atoms with van der Waals surface area (Å²) in [5, 5.41) is 3.33. The molecule has 0 atom stereocenters. The van der Waals surface area contributed by atoms with Gasteiger partial charge in [0.15, 0.2) is 5.78 Å². The standard InChI is InChI=1S/C23H35N3O/c1-9-25(10-2)19-11-12-21(16(3)13-19)24-15-22(27)20-14-17(4)26(18(20)5)23(6,7)8/h11-14,24H,9-10,15H2,1-8H3. The van der Waals surface area contributed by atoms with Gasteiger partial charge in [-0.05, 0) is 85.2 Å². The summed E-state index contributed by atoms with van der Waals surface area (Å²) in [6.07, 6.45) is 0. The van der Waals surface area contributed by atoms with Gasteiger partial charge < -0.3 is 14.8 Å². The molecule has 0 aliphatic heterocycles. The number of benzene rings is 1. The quantitative estimate of drug-likeness (QED) is 0.672. The average Bonchev–Trinajstić information content (AvgIpc) is 2.89. The molecule has 0 amide bonds. The predicted octanol–water partition coefficient (Wildman–Crippen LogP) is 5.31. The zero-order valence-corrected chi connectivity index (χ0v) is 18.2. The molecule has 2 aromatic rings. The van der Waals surface area contributed by atoms with E-state index < -0.39 is 0 Å². The van der Waals surface area contributed by atoms with Crippen molar-refractivity contribution in [2.75, 3.05) is 29.9 Å². The minimum Gasteiger partial charge on any atom is -0.377 e. The van der Waals surface area contributed by atoms with E-state index in [1.54, 1.807) is 0 Å². The van der Waals surface area contributed by atoms with Crippen molar-refractivity contribution in [2.45, 2.75) is 60.9 Å². The molecule has 1 heterocycles. The second-order valence-electron chi connectivity index (χ2n) is 8.24. The highest BCUT2D eigenvalue weighted by molar-refractivity contribution is 6.00. The summed E-state index contributed by atoms with van der Waals surface area (Å²) in [6.45, 7) is 19.3. The summed E-state index contributed by atoms with van der Waals surface area (Å²) in [6, 6.07) is 8.40. The predicted molar refractivity (Wildman–Crippen MR) is 116 cm³/mol. The topological polar surface area (TPSA) is 37.3 Å². The zero-order chi connectivity index (χ0) is 20.4. The third-order valence-electron chi connectivity index (χ3n) is 5.18.